The zero-order chi connectivity index (χ0) is 31.9. The van der Waals surface area contributed by atoms with Crippen LogP contribution in [0.4, 0.5) is 4.79 Å². The van der Waals surface area contributed by atoms with Gasteiger partial charge in [0.1, 0.15) is 23.9 Å². The third kappa shape index (κ3) is 9.39. The first-order valence-electron chi connectivity index (χ1n) is 16.0. The number of allylic oxidation sites excluding steroid dienone is 2. The summed E-state index contributed by atoms with van der Waals surface area (Å²) >= 11 is 0. The second-order valence-corrected chi connectivity index (χ2v) is 12.8. The summed E-state index contributed by atoms with van der Waals surface area (Å²) in [5.41, 5.74) is 0.353. The number of rotatable bonds is 10. The van der Waals surface area contributed by atoms with Crippen molar-refractivity contribution in [2.75, 3.05) is 26.8 Å². The molecule has 0 saturated carbocycles. The first-order chi connectivity index (χ1) is 21.0. The largest absolute Gasteiger partial charge is 0.469 e. The van der Waals surface area contributed by atoms with E-state index < -0.39 is 23.9 Å². The van der Waals surface area contributed by atoms with Crippen LogP contribution in [0.15, 0.2) is 36.0 Å². The number of nitrogens with zero attached hydrogens (tertiary/aromatic N) is 1. The molecule has 4 aliphatic rings. The molecule has 0 radical (unpaired) electrons. The van der Waals surface area contributed by atoms with Gasteiger partial charge in [0.05, 0.1) is 44.5 Å². The van der Waals surface area contributed by atoms with Gasteiger partial charge in [-0.25, -0.2) is 4.79 Å². The van der Waals surface area contributed by atoms with Crippen LogP contribution in [0.25, 0.3) is 0 Å². The predicted octanol–water partition coefficient (Wildman–Crippen LogP) is 3.60. The number of amides is 2. The number of methoxy groups -OCH3 is 1. The maximum absolute atomic E-state index is 12.6. The smallest absolute Gasteiger partial charge is 0.410 e. The lowest BCUT2D eigenvalue weighted by atomic mass is 9.87. The van der Waals surface area contributed by atoms with E-state index in [1.54, 1.807) is 17.9 Å². The summed E-state index contributed by atoms with van der Waals surface area (Å²) in [6.07, 6.45) is 11.3. The van der Waals surface area contributed by atoms with E-state index in [9.17, 15) is 19.5 Å². The van der Waals surface area contributed by atoms with Gasteiger partial charge in [-0.3, -0.25) is 9.59 Å². The SMILES string of the molecule is COC(=O)C[C@@H]1C[C@@]2(CO2)[C@H](O)[C@@H](/C=C/C(C)=C/C[C@@H]2O[C@H](C)[C@H](NC(=O)/C=C\[C@H](C)OC(=O)N3CCCCC3)C[C@@H]2C)O1. The van der Waals surface area contributed by atoms with Crippen molar-refractivity contribution in [1.29, 1.82) is 0 Å². The van der Waals surface area contributed by atoms with Gasteiger partial charge in [0, 0.05) is 25.6 Å². The van der Waals surface area contributed by atoms with Crippen LogP contribution in [0, 0.1) is 5.92 Å². The molecule has 11 nitrogen and oxygen atoms in total. The Morgan fingerprint density at radius 2 is 1.86 bits per heavy atom. The lowest BCUT2D eigenvalue weighted by Gasteiger charge is -2.39. The van der Waals surface area contributed by atoms with Crippen LogP contribution < -0.4 is 5.32 Å². The van der Waals surface area contributed by atoms with Crippen LogP contribution in [-0.2, 0) is 33.3 Å². The number of hydrogen-bond donors (Lipinski definition) is 2. The molecule has 1 spiro atoms. The van der Waals surface area contributed by atoms with Crippen LogP contribution in [-0.4, -0.2) is 103 Å². The van der Waals surface area contributed by atoms with Gasteiger partial charge in [-0.2, -0.15) is 0 Å². The van der Waals surface area contributed by atoms with Crippen molar-refractivity contribution in [2.45, 2.75) is 121 Å². The summed E-state index contributed by atoms with van der Waals surface area (Å²) < 4.78 is 28.1. The molecule has 0 aromatic heterocycles. The highest BCUT2D eigenvalue weighted by Crippen LogP contribution is 2.43. The maximum Gasteiger partial charge on any atom is 0.410 e. The van der Waals surface area contributed by atoms with E-state index in [2.05, 4.69) is 18.3 Å². The highest BCUT2D eigenvalue weighted by molar-refractivity contribution is 5.87. The quantitative estimate of drug-likeness (QED) is 0.163. The van der Waals surface area contributed by atoms with Crippen LogP contribution >= 0.6 is 0 Å². The standard InChI is InChI=1S/C33H50N2O9/c1-21(10-13-28-31(38)33(20-41-33)19-25(44-28)18-30(37)40-5)9-12-27-22(2)17-26(24(4)43-27)34-29(36)14-11-23(3)42-32(39)35-15-7-6-8-16-35/h9-11,13-14,22-28,31,38H,6-8,12,15-20H2,1-5H3,(H,34,36)/b13-10+,14-11-,21-9+/t22-,23-,24+,25+,26+,27-,28+,31+,33+/m0/s1. The zero-order valence-corrected chi connectivity index (χ0v) is 26.7. The number of hydrogen-bond acceptors (Lipinski definition) is 9. The Labute approximate surface area is 260 Å². The molecule has 4 aliphatic heterocycles. The molecule has 2 amide bonds. The van der Waals surface area contributed by atoms with Gasteiger partial charge in [-0.1, -0.05) is 30.7 Å². The van der Waals surface area contributed by atoms with Crippen LogP contribution in [0.3, 0.4) is 0 Å². The Bertz CT molecular complexity index is 1090. The molecule has 0 aliphatic carbocycles. The maximum atomic E-state index is 12.6. The van der Waals surface area contributed by atoms with Gasteiger partial charge < -0.3 is 39.0 Å². The molecule has 0 unspecified atom stereocenters. The number of piperidine rings is 1. The summed E-state index contributed by atoms with van der Waals surface area (Å²) in [5, 5.41) is 13.8. The minimum Gasteiger partial charge on any atom is -0.469 e. The van der Waals surface area contributed by atoms with Gasteiger partial charge in [0.25, 0.3) is 0 Å². The van der Waals surface area contributed by atoms with Crippen LogP contribution in [0.2, 0.25) is 0 Å². The van der Waals surface area contributed by atoms with Crippen molar-refractivity contribution in [2.24, 2.45) is 5.92 Å². The normalized spacial score (nSPS) is 35.1. The molecule has 0 aromatic carbocycles. The Hall–Kier alpha value is -2.73. The molecule has 0 aromatic rings. The van der Waals surface area contributed by atoms with Crippen molar-refractivity contribution in [3.8, 4) is 0 Å². The van der Waals surface area contributed by atoms with Crippen molar-refractivity contribution in [3.05, 3.63) is 36.0 Å². The van der Waals surface area contributed by atoms with E-state index in [1.807, 2.05) is 26.0 Å². The molecule has 246 valence electrons. The van der Waals surface area contributed by atoms with E-state index in [4.69, 9.17) is 23.7 Å². The summed E-state index contributed by atoms with van der Waals surface area (Å²) in [6.45, 7) is 9.71. The van der Waals surface area contributed by atoms with Crippen LogP contribution in [0.1, 0.15) is 72.6 Å². The number of ether oxygens (including phenoxy) is 5. The van der Waals surface area contributed by atoms with E-state index in [0.29, 0.717) is 19.4 Å². The van der Waals surface area contributed by atoms with Crippen molar-refractivity contribution in [1.82, 2.24) is 10.2 Å². The van der Waals surface area contributed by atoms with E-state index >= 15 is 0 Å². The van der Waals surface area contributed by atoms with Gasteiger partial charge >= 0.3 is 12.1 Å². The van der Waals surface area contributed by atoms with Gasteiger partial charge in [0.2, 0.25) is 5.91 Å². The predicted molar refractivity (Wildman–Crippen MR) is 163 cm³/mol. The molecule has 4 heterocycles. The molecule has 11 heteroatoms. The monoisotopic (exact) mass is 618 g/mol. The molecular formula is C33H50N2O9. The third-order valence-electron chi connectivity index (χ3n) is 9.09. The van der Waals surface area contributed by atoms with Gasteiger partial charge in [-0.15, -0.1) is 0 Å². The number of nitrogens with one attached hydrogen (secondary N) is 1. The minimum atomic E-state index is -0.803. The first-order valence-corrected chi connectivity index (χ1v) is 16.0. The summed E-state index contributed by atoms with van der Waals surface area (Å²) in [5.74, 6) is -0.375. The fourth-order valence-electron chi connectivity index (χ4n) is 6.20. The van der Waals surface area contributed by atoms with E-state index in [-0.39, 0.29) is 54.7 Å². The van der Waals surface area contributed by atoms with Crippen molar-refractivity contribution in [3.63, 3.8) is 0 Å². The molecule has 0 bridgehead atoms. The second kappa shape index (κ2) is 15.5. The zero-order valence-electron chi connectivity index (χ0n) is 26.7. The number of likely N-dealkylation sites (tertiary alicyclic amines) is 1. The number of carbonyl (C=O) groups excluding carboxylic acids is 3. The molecule has 4 saturated heterocycles. The molecular weight excluding hydrogens is 568 g/mol. The average Bonchev–Trinajstić information content (AvgIpc) is 3.78. The Morgan fingerprint density at radius 1 is 1.14 bits per heavy atom. The number of epoxide rings is 1. The minimum absolute atomic E-state index is 0.00430. The highest BCUT2D eigenvalue weighted by atomic mass is 16.6. The summed E-state index contributed by atoms with van der Waals surface area (Å²) in [4.78, 5) is 38.4. The number of esters is 1. The first kappa shape index (κ1) is 34.1. The molecule has 4 fully saturated rings. The Kier molecular flexibility index (Phi) is 12.0. The second-order valence-electron chi connectivity index (χ2n) is 12.8. The highest BCUT2D eigenvalue weighted by Gasteiger charge is 2.58. The van der Waals surface area contributed by atoms with Crippen molar-refractivity contribution >= 4 is 18.0 Å². The molecule has 44 heavy (non-hydrogen) atoms. The third-order valence-corrected chi connectivity index (χ3v) is 9.09. The number of aliphatic hydroxyl groups excluding tert-OH is 1. The van der Waals surface area contributed by atoms with E-state index in [1.165, 1.54) is 13.2 Å². The number of aliphatic hydroxyl groups is 1. The van der Waals surface area contributed by atoms with Gasteiger partial charge in [-0.05, 0) is 64.9 Å². The summed E-state index contributed by atoms with van der Waals surface area (Å²) in [6, 6.07) is -0.130. The summed E-state index contributed by atoms with van der Waals surface area (Å²) in [7, 11) is 1.35. The van der Waals surface area contributed by atoms with Crippen LogP contribution in [0.5, 0.6) is 0 Å². The average molecular weight is 619 g/mol. The molecule has 9 atom stereocenters. The Balaban J connectivity index is 1.22. The topological polar surface area (TPSA) is 136 Å². The van der Waals surface area contributed by atoms with E-state index in [0.717, 1.165) is 44.3 Å². The Morgan fingerprint density at radius 3 is 2.55 bits per heavy atom. The van der Waals surface area contributed by atoms with Gasteiger partial charge in [0.15, 0.2) is 0 Å². The molecule has 4 rings (SSSR count). The fraction of sp³-hybridized carbons (Fsp3) is 0.727. The van der Waals surface area contributed by atoms with Crippen molar-refractivity contribution < 1.29 is 43.2 Å². The lowest BCUT2D eigenvalue weighted by Crippen LogP contribution is -2.50. The number of carbonyl (C=O) groups is 3. The molecule has 2 N–H and O–H groups in total. The fourth-order valence-corrected chi connectivity index (χ4v) is 6.20. The lowest BCUT2D eigenvalue weighted by molar-refractivity contribution is -0.157.